The zero-order valence-electron chi connectivity index (χ0n) is 14.8. The molecule has 0 radical (unpaired) electrons. The molecule has 1 amide bonds. The molecule has 0 aliphatic rings. The molecule has 0 saturated heterocycles. The number of hydrogen-bond acceptors (Lipinski definition) is 2. The quantitative estimate of drug-likeness (QED) is 0.649. The number of aryl methyl sites for hydroxylation is 2. The standard InChI is InChI=1S/C20H19Cl2N3O/c1-12-8-9-16(21)10-18(12)23-20(26)19-13(2)24-25(14(19)3)11-15-6-4-5-7-17(15)22/h4-10H,11H2,1-3H3,(H,23,26). The molecule has 3 aromatic rings. The third-order valence-electron chi connectivity index (χ3n) is 4.33. The van der Waals surface area contributed by atoms with Crippen LogP contribution in [0, 0.1) is 20.8 Å². The van der Waals surface area contributed by atoms with E-state index in [1.807, 2.05) is 51.1 Å². The van der Waals surface area contributed by atoms with E-state index in [1.165, 1.54) is 0 Å². The van der Waals surface area contributed by atoms with Crippen LogP contribution in [0.5, 0.6) is 0 Å². The molecule has 0 aliphatic heterocycles. The molecule has 0 bridgehead atoms. The van der Waals surface area contributed by atoms with Crippen molar-refractivity contribution < 1.29 is 4.79 Å². The average molecular weight is 388 g/mol. The molecule has 134 valence electrons. The Bertz CT molecular complexity index is 979. The second-order valence-corrected chi connectivity index (χ2v) is 7.05. The fourth-order valence-corrected chi connectivity index (χ4v) is 3.25. The van der Waals surface area contributed by atoms with Gasteiger partial charge in [-0.05, 0) is 50.1 Å². The number of benzene rings is 2. The fraction of sp³-hybridized carbons (Fsp3) is 0.200. The van der Waals surface area contributed by atoms with Crippen LogP contribution in [0.2, 0.25) is 10.0 Å². The van der Waals surface area contributed by atoms with Gasteiger partial charge >= 0.3 is 0 Å². The van der Waals surface area contributed by atoms with Gasteiger partial charge in [-0.1, -0.05) is 47.5 Å². The summed E-state index contributed by atoms with van der Waals surface area (Å²) in [5, 5.41) is 8.71. The first kappa shape index (κ1) is 18.5. The van der Waals surface area contributed by atoms with E-state index in [-0.39, 0.29) is 5.91 Å². The molecule has 1 N–H and O–H groups in total. The van der Waals surface area contributed by atoms with Crippen LogP contribution < -0.4 is 5.32 Å². The number of anilines is 1. The number of aromatic nitrogens is 2. The minimum Gasteiger partial charge on any atom is -0.322 e. The number of hydrogen-bond donors (Lipinski definition) is 1. The van der Waals surface area contributed by atoms with Crippen molar-refractivity contribution in [1.29, 1.82) is 0 Å². The Balaban J connectivity index is 1.89. The van der Waals surface area contributed by atoms with E-state index in [0.29, 0.717) is 33.5 Å². The van der Waals surface area contributed by atoms with Gasteiger partial charge in [-0.2, -0.15) is 5.10 Å². The molecular formula is C20H19Cl2N3O. The van der Waals surface area contributed by atoms with E-state index in [1.54, 1.807) is 16.8 Å². The van der Waals surface area contributed by atoms with Crippen molar-refractivity contribution in [1.82, 2.24) is 9.78 Å². The normalized spacial score (nSPS) is 10.8. The highest BCUT2D eigenvalue weighted by atomic mass is 35.5. The van der Waals surface area contributed by atoms with Crippen molar-refractivity contribution in [3.05, 3.63) is 80.6 Å². The van der Waals surface area contributed by atoms with E-state index < -0.39 is 0 Å². The molecule has 0 atom stereocenters. The minimum absolute atomic E-state index is 0.198. The van der Waals surface area contributed by atoms with Gasteiger partial charge in [0.2, 0.25) is 0 Å². The fourth-order valence-electron chi connectivity index (χ4n) is 2.88. The number of carbonyl (C=O) groups excluding carboxylic acids is 1. The van der Waals surface area contributed by atoms with Crippen LogP contribution in [0.4, 0.5) is 5.69 Å². The summed E-state index contributed by atoms with van der Waals surface area (Å²) in [6, 6.07) is 13.0. The Labute approximate surface area is 162 Å². The molecule has 6 heteroatoms. The molecule has 1 aromatic heterocycles. The molecule has 3 rings (SSSR count). The van der Waals surface area contributed by atoms with E-state index in [9.17, 15) is 4.79 Å². The zero-order valence-corrected chi connectivity index (χ0v) is 16.3. The topological polar surface area (TPSA) is 46.9 Å². The molecule has 1 heterocycles. The van der Waals surface area contributed by atoms with Gasteiger partial charge < -0.3 is 5.32 Å². The SMILES string of the molecule is Cc1ccc(Cl)cc1NC(=O)c1c(C)nn(Cc2ccccc2Cl)c1C. The van der Waals surface area contributed by atoms with Gasteiger partial charge in [0.25, 0.3) is 5.91 Å². The highest BCUT2D eigenvalue weighted by molar-refractivity contribution is 6.31. The summed E-state index contributed by atoms with van der Waals surface area (Å²) in [4.78, 5) is 12.8. The van der Waals surface area contributed by atoms with Crippen LogP contribution in [0.15, 0.2) is 42.5 Å². The number of amides is 1. The maximum absolute atomic E-state index is 12.8. The van der Waals surface area contributed by atoms with Gasteiger partial charge in [0.15, 0.2) is 0 Å². The molecule has 0 saturated carbocycles. The largest absolute Gasteiger partial charge is 0.322 e. The molecule has 0 unspecified atom stereocenters. The number of halogens is 2. The average Bonchev–Trinajstić information content (AvgIpc) is 2.87. The summed E-state index contributed by atoms with van der Waals surface area (Å²) in [5.74, 6) is -0.198. The third kappa shape index (κ3) is 3.76. The Kier molecular flexibility index (Phi) is 5.35. The molecular weight excluding hydrogens is 369 g/mol. The van der Waals surface area contributed by atoms with Crippen molar-refractivity contribution in [2.24, 2.45) is 0 Å². The van der Waals surface area contributed by atoms with Gasteiger partial charge in [-0.25, -0.2) is 0 Å². The first-order valence-corrected chi connectivity index (χ1v) is 8.97. The number of rotatable bonds is 4. The van der Waals surface area contributed by atoms with E-state index in [0.717, 1.165) is 16.8 Å². The Hall–Kier alpha value is -2.30. The first-order chi connectivity index (χ1) is 12.4. The molecule has 0 fully saturated rings. The van der Waals surface area contributed by atoms with Gasteiger partial charge in [-0.3, -0.25) is 9.48 Å². The lowest BCUT2D eigenvalue weighted by Crippen LogP contribution is -2.15. The smallest absolute Gasteiger partial charge is 0.259 e. The van der Waals surface area contributed by atoms with Crippen LogP contribution in [0.3, 0.4) is 0 Å². The number of nitrogens with one attached hydrogen (secondary N) is 1. The summed E-state index contributed by atoms with van der Waals surface area (Å²) < 4.78 is 1.80. The van der Waals surface area contributed by atoms with E-state index in [4.69, 9.17) is 23.2 Å². The number of nitrogens with zero attached hydrogens (tertiary/aromatic N) is 2. The molecule has 0 aliphatic carbocycles. The van der Waals surface area contributed by atoms with Gasteiger partial charge in [0.1, 0.15) is 0 Å². The van der Waals surface area contributed by atoms with E-state index >= 15 is 0 Å². The summed E-state index contributed by atoms with van der Waals surface area (Å²) in [5.41, 5.74) is 4.63. The van der Waals surface area contributed by atoms with E-state index in [2.05, 4.69) is 10.4 Å². The van der Waals surface area contributed by atoms with Gasteiger partial charge in [0, 0.05) is 21.4 Å². The minimum atomic E-state index is -0.198. The summed E-state index contributed by atoms with van der Waals surface area (Å²) in [7, 11) is 0. The highest BCUT2D eigenvalue weighted by Crippen LogP contribution is 2.23. The summed E-state index contributed by atoms with van der Waals surface area (Å²) in [6.45, 7) is 6.15. The van der Waals surface area contributed by atoms with Crippen LogP contribution in [-0.2, 0) is 6.54 Å². The lowest BCUT2D eigenvalue weighted by Gasteiger charge is -2.10. The molecule has 26 heavy (non-hydrogen) atoms. The first-order valence-electron chi connectivity index (χ1n) is 8.21. The molecule has 0 spiro atoms. The third-order valence-corrected chi connectivity index (χ3v) is 4.94. The molecule has 2 aromatic carbocycles. The lowest BCUT2D eigenvalue weighted by molar-refractivity contribution is 0.102. The number of carbonyl (C=O) groups is 1. The summed E-state index contributed by atoms with van der Waals surface area (Å²) >= 11 is 12.3. The Morgan fingerprint density at radius 3 is 2.58 bits per heavy atom. The zero-order chi connectivity index (χ0) is 18.8. The summed E-state index contributed by atoms with van der Waals surface area (Å²) in [6.07, 6.45) is 0. The van der Waals surface area contributed by atoms with Gasteiger partial charge in [-0.15, -0.1) is 0 Å². The van der Waals surface area contributed by atoms with Crippen molar-refractivity contribution in [3.8, 4) is 0 Å². The van der Waals surface area contributed by atoms with Crippen LogP contribution in [-0.4, -0.2) is 15.7 Å². The lowest BCUT2D eigenvalue weighted by atomic mass is 10.1. The maximum Gasteiger partial charge on any atom is 0.259 e. The second kappa shape index (κ2) is 7.52. The molecule has 4 nitrogen and oxygen atoms in total. The van der Waals surface area contributed by atoms with Crippen molar-refractivity contribution in [3.63, 3.8) is 0 Å². The highest BCUT2D eigenvalue weighted by Gasteiger charge is 2.20. The maximum atomic E-state index is 12.8. The Morgan fingerprint density at radius 1 is 1.12 bits per heavy atom. The van der Waals surface area contributed by atoms with Gasteiger partial charge in [0.05, 0.1) is 17.8 Å². The second-order valence-electron chi connectivity index (χ2n) is 6.21. The van der Waals surface area contributed by atoms with Crippen LogP contribution in [0.1, 0.15) is 32.9 Å². The predicted molar refractivity (Wildman–Crippen MR) is 106 cm³/mol. The van der Waals surface area contributed by atoms with Crippen molar-refractivity contribution in [2.75, 3.05) is 5.32 Å². The van der Waals surface area contributed by atoms with Crippen molar-refractivity contribution >= 4 is 34.8 Å². The predicted octanol–water partition coefficient (Wildman–Crippen LogP) is 5.42. The monoisotopic (exact) mass is 387 g/mol. The van der Waals surface area contributed by atoms with Crippen LogP contribution >= 0.6 is 23.2 Å². The van der Waals surface area contributed by atoms with Crippen LogP contribution in [0.25, 0.3) is 0 Å². The van der Waals surface area contributed by atoms with Crippen molar-refractivity contribution in [2.45, 2.75) is 27.3 Å². The Morgan fingerprint density at radius 2 is 1.85 bits per heavy atom.